The van der Waals surface area contributed by atoms with Crippen molar-refractivity contribution >= 4 is 12.0 Å². The van der Waals surface area contributed by atoms with Crippen molar-refractivity contribution in [3.63, 3.8) is 0 Å². The van der Waals surface area contributed by atoms with Gasteiger partial charge in [0, 0.05) is 25.0 Å². The van der Waals surface area contributed by atoms with Crippen LogP contribution in [-0.2, 0) is 16.1 Å². The molecular formula is C24H36N2O5. The summed E-state index contributed by atoms with van der Waals surface area (Å²) in [6.45, 7) is 8.50. The summed E-state index contributed by atoms with van der Waals surface area (Å²) in [5, 5.41) is 2.86. The highest BCUT2D eigenvalue weighted by atomic mass is 16.7. The maximum atomic E-state index is 13.5. The molecule has 172 valence electrons. The molecule has 0 unspecified atom stereocenters. The Morgan fingerprint density at radius 3 is 2.48 bits per heavy atom. The van der Waals surface area contributed by atoms with Gasteiger partial charge >= 0.3 is 6.09 Å². The molecule has 1 N–H and O–H groups in total. The van der Waals surface area contributed by atoms with Crippen molar-refractivity contribution in [2.45, 2.75) is 84.4 Å². The molecule has 1 aromatic carbocycles. The molecule has 3 rings (SSSR count). The van der Waals surface area contributed by atoms with Crippen LogP contribution >= 0.6 is 0 Å². The Kier molecular flexibility index (Phi) is 7.68. The third kappa shape index (κ3) is 7.04. The third-order valence-corrected chi connectivity index (χ3v) is 5.58. The maximum Gasteiger partial charge on any atom is 0.407 e. The van der Waals surface area contributed by atoms with Crippen molar-refractivity contribution in [2.75, 3.05) is 13.3 Å². The van der Waals surface area contributed by atoms with E-state index >= 15 is 0 Å². The number of rotatable bonds is 6. The van der Waals surface area contributed by atoms with Crippen LogP contribution in [0.5, 0.6) is 11.5 Å². The SMILES string of the molecule is C[C@H](CN(Cc1ccc2c(c1)OCO2)C(=O)C1CCCCCC1)NC(=O)OC(C)(C)C. The van der Waals surface area contributed by atoms with Gasteiger partial charge < -0.3 is 24.4 Å². The van der Waals surface area contributed by atoms with Crippen LogP contribution in [0.15, 0.2) is 18.2 Å². The first-order chi connectivity index (χ1) is 14.7. The predicted molar refractivity (Wildman–Crippen MR) is 118 cm³/mol. The molecule has 0 spiro atoms. The number of nitrogens with zero attached hydrogens (tertiary/aromatic N) is 1. The van der Waals surface area contributed by atoms with Gasteiger partial charge in [0.15, 0.2) is 11.5 Å². The smallest absolute Gasteiger partial charge is 0.407 e. The molecule has 2 amide bonds. The van der Waals surface area contributed by atoms with Crippen LogP contribution in [0.3, 0.4) is 0 Å². The van der Waals surface area contributed by atoms with Gasteiger partial charge in [0.05, 0.1) is 0 Å². The minimum atomic E-state index is -0.563. The number of hydrogen-bond acceptors (Lipinski definition) is 5. The predicted octanol–water partition coefficient (Wildman–Crippen LogP) is 4.63. The molecule has 0 bridgehead atoms. The van der Waals surface area contributed by atoms with E-state index in [1.807, 2.05) is 50.8 Å². The Morgan fingerprint density at radius 1 is 1.13 bits per heavy atom. The lowest BCUT2D eigenvalue weighted by atomic mass is 9.98. The zero-order chi connectivity index (χ0) is 22.4. The van der Waals surface area contributed by atoms with Gasteiger partial charge in [0.25, 0.3) is 0 Å². The first-order valence-corrected chi connectivity index (χ1v) is 11.4. The second-order valence-electron chi connectivity index (χ2n) is 9.64. The topological polar surface area (TPSA) is 77.1 Å². The Labute approximate surface area is 185 Å². The fraction of sp³-hybridized carbons (Fsp3) is 0.667. The number of nitrogens with one attached hydrogen (secondary N) is 1. The number of alkyl carbamates (subject to hydrolysis) is 1. The average Bonchev–Trinajstić information content (AvgIpc) is 2.97. The summed E-state index contributed by atoms with van der Waals surface area (Å²) in [7, 11) is 0. The molecule has 1 aliphatic heterocycles. The van der Waals surface area contributed by atoms with Gasteiger partial charge in [-0.3, -0.25) is 4.79 Å². The molecule has 1 aromatic rings. The standard InChI is InChI=1S/C24H36N2O5/c1-17(25-23(28)31-24(2,3)4)14-26(22(27)19-9-7-5-6-8-10-19)15-18-11-12-20-21(13-18)30-16-29-20/h11-13,17,19H,5-10,14-16H2,1-4H3,(H,25,28)/t17-/m1/s1. The highest BCUT2D eigenvalue weighted by Gasteiger charge is 2.28. The van der Waals surface area contributed by atoms with E-state index in [-0.39, 0.29) is 24.7 Å². The molecule has 1 fully saturated rings. The lowest BCUT2D eigenvalue weighted by Gasteiger charge is -2.30. The van der Waals surface area contributed by atoms with Crippen molar-refractivity contribution in [3.8, 4) is 11.5 Å². The molecule has 2 aliphatic rings. The number of hydrogen-bond donors (Lipinski definition) is 1. The Morgan fingerprint density at radius 2 is 1.81 bits per heavy atom. The van der Waals surface area contributed by atoms with Crippen LogP contribution in [0, 0.1) is 5.92 Å². The van der Waals surface area contributed by atoms with Crippen LogP contribution in [0.4, 0.5) is 4.79 Å². The second kappa shape index (κ2) is 10.2. The van der Waals surface area contributed by atoms with Crippen LogP contribution < -0.4 is 14.8 Å². The van der Waals surface area contributed by atoms with Gasteiger partial charge in [0.1, 0.15) is 5.60 Å². The summed E-state index contributed by atoms with van der Waals surface area (Å²) in [4.78, 5) is 27.5. The lowest BCUT2D eigenvalue weighted by Crippen LogP contribution is -2.47. The van der Waals surface area contributed by atoms with E-state index in [1.54, 1.807) is 0 Å². The quantitative estimate of drug-likeness (QED) is 0.664. The molecule has 31 heavy (non-hydrogen) atoms. The molecule has 1 saturated carbocycles. The normalized spacial score (nSPS) is 17.5. The Bertz CT molecular complexity index is 766. The molecule has 7 heteroatoms. The molecule has 0 radical (unpaired) electrons. The van der Waals surface area contributed by atoms with Crippen molar-refractivity contribution in [3.05, 3.63) is 23.8 Å². The van der Waals surface area contributed by atoms with E-state index in [4.69, 9.17) is 14.2 Å². The fourth-order valence-electron chi connectivity index (χ4n) is 4.16. The minimum Gasteiger partial charge on any atom is -0.454 e. The molecule has 1 atom stereocenters. The molecule has 7 nitrogen and oxygen atoms in total. The molecule has 1 heterocycles. The number of fused-ring (bicyclic) bond motifs is 1. The number of carbonyl (C=O) groups excluding carboxylic acids is 2. The molecule has 0 aromatic heterocycles. The van der Waals surface area contributed by atoms with Gasteiger partial charge in [0.2, 0.25) is 12.7 Å². The van der Waals surface area contributed by atoms with E-state index in [2.05, 4.69) is 5.32 Å². The van der Waals surface area contributed by atoms with E-state index in [1.165, 1.54) is 12.8 Å². The van der Waals surface area contributed by atoms with Crippen LogP contribution in [0.1, 0.15) is 71.8 Å². The number of amides is 2. The van der Waals surface area contributed by atoms with Gasteiger partial charge in [-0.1, -0.05) is 31.7 Å². The summed E-state index contributed by atoms with van der Waals surface area (Å²) >= 11 is 0. The average molecular weight is 433 g/mol. The molecule has 0 saturated heterocycles. The zero-order valence-corrected chi connectivity index (χ0v) is 19.2. The monoisotopic (exact) mass is 432 g/mol. The second-order valence-corrected chi connectivity index (χ2v) is 9.64. The van der Waals surface area contributed by atoms with E-state index in [0.29, 0.717) is 18.8 Å². The zero-order valence-electron chi connectivity index (χ0n) is 19.2. The summed E-state index contributed by atoms with van der Waals surface area (Å²) in [5.41, 5.74) is 0.419. The highest BCUT2D eigenvalue weighted by molar-refractivity contribution is 5.79. The van der Waals surface area contributed by atoms with Crippen molar-refractivity contribution < 1.29 is 23.8 Å². The van der Waals surface area contributed by atoms with E-state index in [0.717, 1.165) is 37.0 Å². The third-order valence-electron chi connectivity index (χ3n) is 5.58. The number of ether oxygens (including phenoxy) is 3. The van der Waals surface area contributed by atoms with Gasteiger partial charge in [-0.2, -0.15) is 0 Å². The van der Waals surface area contributed by atoms with Crippen molar-refractivity contribution in [1.29, 1.82) is 0 Å². The number of benzene rings is 1. The molecular weight excluding hydrogens is 396 g/mol. The number of carbonyl (C=O) groups is 2. The summed E-state index contributed by atoms with van der Waals surface area (Å²) in [6.07, 6.45) is 5.99. The Balaban J connectivity index is 1.70. The van der Waals surface area contributed by atoms with Crippen LogP contribution in [0.25, 0.3) is 0 Å². The lowest BCUT2D eigenvalue weighted by molar-refractivity contribution is -0.137. The van der Waals surface area contributed by atoms with E-state index in [9.17, 15) is 9.59 Å². The largest absolute Gasteiger partial charge is 0.454 e. The Hall–Kier alpha value is -2.44. The van der Waals surface area contributed by atoms with Gasteiger partial charge in [-0.05, 0) is 58.2 Å². The highest BCUT2D eigenvalue weighted by Crippen LogP contribution is 2.33. The van der Waals surface area contributed by atoms with Crippen molar-refractivity contribution in [2.24, 2.45) is 5.92 Å². The summed E-state index contributed by atoms with van der Waals surface area (Å²) in [6, 6.07) is 5.54. The summed E-state index contributed by atoms with van der Waals surface area (Å²) in [5.74, 6) is 1.65. The fourth-order valence-corrected chi connectivity index (χ4v) is 4.16. The minimum absolute atomic E-state index is 0.0465. The maximum absolute atomic E-state index is 13.5. The summed E-state index contributed by atoms with van der Waals surface area (Å²) < 4.78 is 16.3. The first-order valence-electron chi connectivity index (χ1n) is 11.4. The first kappa shape index (κ1) is 23.2. The van der Waals surface area contributed by atoms with Crippen LogP contribution in [0.2, 0.25) is 0 Å². The van der Waals surface area contributed by atoms with Crippen molar-refractivity contribution in [1.82, 2.24) is 10.2 Å². The van der Waals surface area contributed by atoms with Gasteiger partial charge in [-0.25, -0.2) is 4.79 Å². The molecule has 1 aliphatic carbocycles. The van der Waals surface area contributed by atoms with E-state index < -0.39 is 11.7 Å². The van der Waals surface area contributed by atoms with Crippen LogP contribution in [-0.4, -0.2) is 41.9 Å². The van der Waals surface area contributed by atoms with Gasteiger partial charge in [-0.15, -0.1) is 0 Å².